The molecule has 2 N–H and O–H groups in total. The number of carboxylic acid groups (broad SMARTS) is 1. The summed E-state index contributed by atoms with van der Waals surface area (Å²) in [6.45, 7) is 7.26. The topological polar surface area (TPSA) is 78.9 Å². The van der Waals surface area contributed by atoms with E-state index in [1.54, 1.807) is 21.0 Å². The molecule has 0 aliphatic heterocycles. The van der Waals surface area contributed by atoms with Crippen molar-refractivity contribution in [2.45, 2.75) is 26.8 Å². The summed E-state index contributed by atoms with van der Waals surface area (Å²) in [4.78, 5) is 24.5. The Morgan fingerprint density at radius 1 is 1.39 bits per heavy atom. The van der Waals surface area contributed by atoms with Gasteiger partial charge in [0.1, 0.15) is 0 Å². The van der Waals surface area contributed by atoms with Crippen LogP contribution in [0.25, 0.3) is 0 Å². The van der Waals surface area contributed by atoms with Gasteiger partial charge in [-0.25, -0.2) is 0 Å². The lowest BCUT2D eigenvalue weighted by Gasteiger charge is -2.28. The highest BCUT2D eigenvalue weighted by molar-refractivity contribution is 5.81. The van der Waals surface area contributed by atoms with Crippen LogP contribution in [0, 0.1) is 5.92 Å². The van der Waals surface area contributed by atoms with Crippen molar-refractivity contribution in [1.29, 1.82) is 0 Å². The summed E-state index contributed by atoms with van der Waals surface area (Å²) < 4.78 is 4.85. The molecule has 0 aromatic heterocycles. The zero-order valence-corrected chi connectivity index (χ0v) is 11.6. The maximum atomic E-state index is 11.8. The van der Waals surface area contributed by atoms with Crippen LogP contribution in [0.15, 0.2) is 0 Å². The predicted octanol–water partition coefficient (Wildman–Crippen LogP) is 0.180. The Bertz CT molecular complexity index is 271. The highest BCUT2D eigenvalue weighted by Crippen LogP contribution is 2.05. The monoisotopic (exact) mass is 260 g/mol. The van der Waals surface area contributed by atoms with Gasteiger partial charge in [0.25, 0.3) is 0 Å². The number of ether oxygens (including phenoxy) is 1. The molecule has 0 aromatic carbocycles. The first kappa shape index (κ1) is 16.9. The summed E-state index contributed by atoms with van der Waals surface area (Å²) in [5.74, 6) is -1.44. The first-order chi connectivity index (χ1) is 8.43. The van der Waals surface area contributed by atoms with Crippen LogP contribution < -0.4 is 5.32 Å². The van der Waals surface area contributed by atoms with Gasteiger partial charge in [0.15, 0.2) is 0 Å². The molecule has 0 radical (unpaired) electrons. The van der Waals surface area contributed by atoms with Crippen LogP contribution in [0.3, 0.4) is 0 Å². The molecule has 0 spiro atoms. The van der Waals surface area contributed by atoms with Crippen LogP contribution in [-0.2, 0) is 14.3 Å². The van der Waals surface area contributed by atoms with Crippen molar-refractivity contribution in [2.75, 3.05) is 33.4 Å². The van der Waals surface area contributed by atoms with Gasteiger partial charge >= 0.3 is 5.97 Å². The Labute approximate surface area is 108 Å². The van der Waals surface area contributed by atoms with E-state index in [-0.39, 0.29) is 11.9 Å². The molecule has 2 unspecified atom stereocenters. The number of hydrogen-bond acceptors (Lipinski definition) is 4. The minimum absolute atomic E-state index is 0.105. The molecule has 6 nitrogen and oxygen atoms in total. The fraction of sp³-hybridized carbons (Fsp3) is 0.833. The van der Waals surface area contributed by atoms with Crippen molar-refractivity contribution in [3.8, 4) is 0 Å². The average molecular weight is 260 g/mol. The van der Waals surface area contributed by atoms with E-state index in [4.69, 9.17) is 9.84 Å². The Hall–Kier alpha value is -1.14. The van der Waals surface area contributed by atoms with Gasteiger partial charge in [0.2, 0.25) is 5.91 Å². The first-order valence-electron chi connectivity index (χ1n) is 6.17. The molecule has 1 amide bonds. The molecule has 106 valence electrons. The molecular formula is C12H24N2O4. The van der Waals surface area contributed by atoms with Crippen molar-refractivity contribution in [3.05, 3.63) is 0 Å². The average Bonchev–Trinajstić information content (AvgIpc) is 2.34. The quantitative estimate of drug-likeness (QED) is 0.578. The number of nitrogens with zero attached hydrogens (tertiary/aromatic N) is 1. The number of amides is 1. The van der Waals surface area contributed by atoms with E-state index < -0.39 is 11.9 Å². The van der Waals surface area contributed by atoms with Crippen LogP contribution in [0.4, 0.5) is 0 Å². The molecule has 2 atom stereocenters. The van der Waals surface area contributed by atoms with Crippen molar-refractivity contribution >= 4 is 11.9 Å². The molecule has 18 heavy (non-hydrogen) atoms. The van der Waals surface area contributed by atoms with Crippen molar-refractivity contribution < 1.29 is 19.4 Å². The van der Waals surface area contributed by atoms with Crippen LogP contribution in [0.1, 0.15) is 20.8 Å². The van der Waals surface area contributed by atoms with E-state index in [0.29, 0.717) is 26.2 Å². The van der Waals surface area contributed by atoms with Crippen LogP contribution in [0.5, 0.6) is 0 Å². The lowest BCUT2D eigenvalue weighted by molar-refractivity contribution is -0.142. The number of aliphatic carboxylic acids is 1. The second-order valence-electron chi connectivity index (χ2n) is 4.29. The van der Waals surface area contributed by atoms with Crippen LogP contribution in [0.2, 0.25) is 0 Å². The number of likely N-dealkylation sites (N-methyl/N-ethyl adjacent to an activating group) is 1. The number of hydrogen-bond donors (Lipinski definition) is 2. The third-order valence-corrected chi connectivity index (χ3v) is 2.87. The van der Waals surface area contributed by atoms with Gasteiger partial charge in [0.05, 0.1) is 18.6 Å². The van der Waals surface area contributed by atoms with Gasteiger partial charge in [0, 0.05) is 20.2 Å². The predicted molar refractivity (Wildman–Crippen MR) is 68.4 cm³/mol. The smallest absolute Gasteiger partial charge is 0.307 e. The summed E-state index contributed by atoms with van der Waals surface area (Å²) in [5, 5.41) is 11.6. The minimum Gasteiger partial charge on any atom is -0.481 e. The fourth-order valence-corrected chi connectivity index (χ4v) is 1.58. The molecule has 0 heterocycles. The third kappa shape index (κ3) is 5.97. The Morgan fingerprint density at radius 3 is 2.44 bits per heavy atom. The standard InChI is InChI=1S/C12H24N2O4/c1-5-14(8-9(2)12(16)17)10(3)11(15)13-6-7-18-4/h9-10H,5-8H2,1-4H3,(H,13,15)(H,16,17). The van der Waals surface area contributed by atoms with Gasteiger partial charge in [-0.3, -0.25) is 14.5 Å². The SMILES string of the molecule is CCN(CC(C)C(=O)O)C(C)C(=O)NCCOC. The number of carbonyl (C=O) groups excluding carboxylic acids is 1. The lowest BCUT2D eigenvalue weighted by Crippen LogP contribution is -2.47. The molecule has 0 aromatic rings. The Kier molecular flexibility index (Phi) is 8.32. The number of carbonyl (C=O) groups is 2. The van der Waals surface area contributed by atoms with Crippen molar-refractivity contribution in [1.82, 2.24) is 10.2 Å². The highest BCUT2D eigenvalue weighted by atomic mass is 16.5. The molecule has 0 saturated carbocycles. The Morgan fingerprint density at radius 2 is 2.00 bits per heavy atom. The van der Waals surface area contributed by atoms with E-state index in [2.05, 4.69) is 5.32 Å². The number of carboxylic acids is 1. The molecule has 0 rings (SSSR count). The summed E-state index contributed by atoms with van der Waals surface area (Å²) in [5.41, 5.74) is 0. The molecule has 0 aliphatic rings. The normalized spacial score (nSPS) is 14.3. The van der Waals surface area contributed by atoms with Crippen molar-refractivity contribution in [2.24, 2.45) is 5.92 Å². The van der Waals surface area contributed by atoms with Crippen molar-refractivity contribution in [3.63, 3.8) is 0 Å². The fourth-order valence-electron chi connectivity index (χ4n) is 1.58. The number of methoxy groups -OCH3 is 1. The van der Waals surface area contributed by atoms with E-state index >= 15 is 0 Å². The van der Waals surface area contributed by atoms with Gasteiger partial charge in [-0.15, -0.1) is 0 Å². The maximum Gasteiger partial charge on any atom is 0.307 e. The van der Waals surface area contributed by atoms with E-state index in [1.807, 2.05) is 11.8 Å². The second kappa shape index (κ2) is 8.88. The Balaban J connectivity index is 4.28. The number of nitrogens with one attached hydrogen (secondary N) is 1. The summed E-state index contributed by atoms with van der Waals surface area (Å²) in [6.07, 6.45) is 0. The molecule has 6 heteroatoms. The van der Waals surface area contributed by atoms with Gasteiger partial charge in [-0.1, -0.05) is 13.8 Å². The van der Waals surface area contributed by atoms with Crippen LogP contribution in [-0.4, -0.2) is 61.3 Å². The van der Waals surface area contributed by atoms with Gasteiger partial charge < -0.3 is 15.2 Å². The molecule has 0 bridgehead atoms. The van der Waals surface area contributed by atoms with E-state index in [0.717, 1.165) is 0 Å². The molecule has 0 fully saturated rings. The van der Waals surface area contributed by atoms with E-state index in [9.17, 15) is 9.59 Å². The summed E-state index contributed by atoms with van der Waals surface area (Å²) in [7, 11) is 1.57. The van der Waals surface area contributed by atoms with E-state index in [1.165, 1.54) is 0 Å². The number of rotatable bonds is 9. The zero-order valence-electron chi connectivity index (χ0n) is 11.6. The second-order valence-corrected chi connectivity index (χ2v) is 4.29. The van der Waals surface area contributed by atoms with Gasteiger partial charge in [-0.05, 0) is 13.5 Å². The first-order valence-corrected chi connectivity index (χ1v) is 6.17. The van der Waals surface area contributed by atoms with Crippen LogP contribution >= 0.6 is 0 Å². The minimum atomic E-state index is -0.847. The molecule has 0 aliphatic carbocycles. The zero-order chi connectivity index (χ0) is 14.1. The summed E-state index contributed by atoms with van der Waals surface area (Å²) in [6, 6.07) is -0.339. The van der Waals surface area contributed by atoms with Gasteiger partial charge in [-0.2, -0.15) is 0 Å². The third-order valence-electron chi connectivity index (χ3n) is 2.87. The largest absolute Gasteiger partial charge is 0.481 e. The summed E-state index contributed by atoms with van der Waals surface area (Å²) >= 11 is 0. The highest BCUT2D eigenvalue weighted by Gasteiger charge is 2.23. The lowest BCUT2D eigenvalue weighted by atomic mass is 10.1. The molecule has 0 saturated heterocycles. The molecular weight excluding hydrogens is 236 g/mol. The maximum absolute atomic E-state index is 11.8.